The van der Waals surface area contributed by atoms with Gasteiger partial charge in [-0.05, 0) is 37.2 Å². The number of nitrogens with one attached hydrogen (secondary N) is 2. The zero-order chi connectivity index (χ0) is 20.8. The maximum absolute atomic E-state index is 12.8. The monoisotopic (exact) mass is 409 g/mol. The molecular weight excluding hydrogens is 386 g/mol. The Labute approximate surface area is 173 Å². The highest BCUT2D eigenvalue weighted by Gasteiger charge is 2.39. The Hall–Kier alpha value is -3.11. The Kier molecular flexibility index (Phi) is 4.59. The van der Waals surface area contributed by atoms with Gasteiger partial charge in [-0.2, -0.15) is 0 Å². The van der Waals surface area contributed by atoms with Crippen LogP contribution < -0.4 is 10.6 Å². The first kappa shape index (κ1) is 18.9. The van der Waals surface area contributed by atoms with Gasteiger partial charge in [0, 0.05) is 38.2 Å². The van der Waals surface area contributed by atoms with Crippen LogP contribution in [0.2, 0.25) is 0 Å². The van der Waals surface area contributed by atoms with E-state index in [-0.39, 0.29) is 24.3 Å². The van der Waals surface area contributed by atoms with Gasteiger partial charge in [0.15, 0.2) is 0 Å². The summed E-state index contributed by atoms with van der Waals surface area (Å²) < 4.78 is 1.72. The number of fused-ring (bicyclic) bond motifs is 1. The summed E-state index contributed by atoms with van der Waals surface area (Å²) in [5.41, 5.74) is 3.14. The maximum atomic E-state index is 12.8. The minimum absolute atomic E-state index is 0.173. The van der Waals surface area contributed by atoms with E-state index in [1.165, 1.54) is 0 Å². The third-order valence-electron chi connectivity index (χ3n) is 6.14. The normalized spacial score (nSPS) is 24.8. The van der Waals surface area contributed by atoms with E-state index in [0.29, 0.717) is 18.5 Å². The molecule has 1 aromatic carbocycles. The van der Waals surface area contributed by atoms with Gasteiger partial charge in [0.05, 0.1) is 17.9 Å². The minimum atomic E-state index is -0.613. The van der Waals surface area contributed by atoms with Crippen molar-refractivity contribution in [2.75, 3.05) is 26.7 Å². The molecule has 0 spiro atoms. The van der Waals surface area contributed by atoms with Crippen molar-refractivity contribution < 1.29 is 14.4 Å². The van der Waals surface area contributed by atoms with Gasteiger partial charge in [-0.3, -0.25) is 24.6 Å². The van der Waals surface area contributed by atoms with E-state index in [1.807, 2.05) is 18.3 Å². The van der Waals surface area contributed by atoms with E-state index in [4.69, 9.17) is 0 Å². The van der Waals surface area contributed by atoms with Gasteiger partial charge in [-0.15, -0.1) is 5.10 Å². The van der Waals surface area contributed by atoms with Crippen molar-refractivity contribution in [1.29, 1.82) is 0 Å². The first-order valence-corrected chi connectivity index (χ1v) is 10.1. The van der Waals surface area contributed by atoms with E-state index >= 15 is 0 Å². The lowest BCUT2D eigenvalue weighted by molar-refractivity contribution is -0.136. The lowest BCUT2D eigenvalue weighted by atomic mass is 10.0. The Balaban J connectivity index is 1.37. The quantitative estimate of drug-likeness (QED) is 0.664. The summed E-state index contributed by atoms with van der Waals surface area (Å²) in [5.74, 6) is -0.873. The van der Waals surface area contributed by atoms with Gasteiger partial charge >= 0.3 is 0 Å². The van der Waals surface area contributed by atoms with Crippen molar-refractivity contribution in [3.63, 3.8) is 0 Å². The molecular formula is C20H23N7O3. The molecule has 2 unspecified atom stereocenters. The first-order valence-electron chi connectivity index (χ1n) is 10.1. The lowest BCUT2D eigenvalue weighted by Crippen LogP contribution is -2.52. The summed E-state index contributed by atoms with van der Waals surface area (Å²) in [6, 6.07) is 5.09. The second kappa shape index (κ2) is 7.29. The molecule has 2 N–H and O–H groups in total. The summed E-state index contributed by atoms with van der Waals surface area (Å²) in [6.45, 7) is 3.08. The van der Waals surface area contributed by atoms with E-state index < -0.39 is 11.9 Å². The fourth-order valence-corrected chi connectivity index (χ4v) is 4.40. The summed E-state index contributed by atoms with van der Waals surface area (Å²) in [4.78, 5) is 40.2. The van der Waals surface area contributed by atoms with Crippen molar-refractivity contribution in [2.24, 2.45) is 0 Å². The van der Waals surface area contributed by atoms with Crippen molar-refractivity contribution in [1.82, 2.24) is 35.4 Å². The van der Waals surface area contributed by atoms with Crippen LogP contribution in [0.15, 0.2) is 24.4 Å². The standard InChI is InChI=1S/C20H23N7O3/c1-25-7-6-21-9-17(25)15-11-27(24-23-15)13-2-3-14-12(8-13)10-26(20(14)30)16-4-5-18(28)22-19(16)29/h2-3,8,11,16-17,21H,4-7,9-10H2,1H3,(H,22,28,29). The number of piperazine rings is 1. The zero-order valence-corrected chi connectivity index (χ0v) is 16.7. The average molecular weight is 409 g/mol. The van der Waals surface area contributed by atoms with Crippen LogP contribution in [0.25, 0.3) is 5.69 Å². The summed E-state index contributed by atoms with van der Waals surface area (Å²) in [5, 5.41) is 14.3. The number of imide groups is 1. The molecule has 0 radical (unpaired) electrons. The van der Waals surface area contributed by atoms with Gasteiger partial charge in [0.25, 0.3) is 5.91 Å². The predicted molar refractivity (Wildman–Crippen MR) is 106 cm³/mol. The van der Waals surface area contributed by atoms with Gasteiger partial charge in [-0.1, -0.05) is 5.21 Å². The Morgan fingerprint density at radius 3 is 2.83 bits per heavy atom. The minimum Gasteiger partial charge on any atom is -0.322 e. The molecule has 3 amide bonds. The van der Waals surface area contributed by atoms with E-state index in [2.05, 4.69) is 32.9 Å². The number of carbonyl (C=O) groups is 3. The third kappa shape index (κ3) is 3.17. The highest BCUT2D eigenvalue weighted by molar-refractivity contribution is 6.05. The Bertz CT molecular complexity index is 1030. The van der Waals surface area contributed by atoms with E-state index in [9.17, 15) is 14.4 Å². The van der Waals surface area contributed by atoms with Gasteiger partial charge < -0.3 is 10.2 Å². The number of likely N-dealkylation sites (N-methyl/N-ethyl adjacent to an activating group) is 1. The molecule has 10 heteroatoms. The lowest BCUT2D eigenvalue weighted by Gasteiger charge is -2.31. The summed E-state index contributed by atoms with van der Waals surface area (Å²) >= 11 is 0. The molecule has 3 aliphatic heterocycles. The molecule has 2 aromatic rings. The van der Waals surface area contributed by atoms with Gasteiger partial charge in [0.2, 0.25) is 11.8 Å². The molecule has 5 rings (SSSR count). The zero-order valence-electron chi connectivity index (χ0n) is 16.7. The molecule has 0 bridgehead atoms. The second-order valence-electron chi connectivity index (χ2n) is 8.03. The number of piperidine rings is 1. The molecule has 0 aliphatic carbocycles. The average Bonchev–Trinajstić information content (AvgIpc) is 3.34. The molecule has 4 heterocycles. The van der Waals surface area contributed by atoms with Crippen LogP contribution in [0.4, 0.5) is 0 Å². The first-order chi connectivity index (χ1) is 14.5. The number of hydrogen-bond donors (Lipinski definition) is 2. The fourth-order valence-electron chi connectivity index (χ4n) is 4.40. The predicted octanol–water partition coefficient (Wildman–Crippen LogP) is -0.396. The summed E-state index contributed by atoms with van der Waals surface area (Å²) in [6.07, 6.45) is 2.52. The largest absolute Gasteiger partial charge is 0.322 e. The molecule has 2 saturated heterocycles. The SMILES string of the molecule is CN1CCNCC1c1cn(-c2ccc3c(c2)CN(C2CCC(=O)NC2=O)C3=O)nn1. The second-order valence-corrected chi connectivity index (χ2v) is 8.03. The highest BCUT2D eigenvalue weighted by Crippen LogP contribution is 2.29. The van der Waals surface area contributed by atoms with Crippen LogP contribution in [0.5, 0.6) is 0 Å². The number of nitrogens with zero attached hydrogens (tertiary/aromatic N) is 5. The van der Waals surface area contributed by atoms with Crippen LogP contribution >= 0.6 is 0 Å². The van der Waals surface area contributed by atoms with Crippen LogP contribution in [-0.4, -0.2) is 75.2 Å². The van der Waals surface area contributed by atoms with E-state index in [0.717, 1.165) is 36.6 Å². The molecule has 2 atom stereocenters. The molecule has 30 heavy (non-hydrogen) atoms. The smallest absolute Gasteiger partial charge is 0.255 e. The molecule has 156 valence electrons. The molecule has 2 fully saturated rings. The van der Waals surface area contributed by atoms with Crippen LogP contribution in [-0.2, 0) is 16.1 Å². The topological polar surface area (TPSA) is 112 Å². The number of carbonyl (C=O) groups excluding carboxylic acids is 3. The number of aromatic nitrogens is 3. The Morgan fingerprint density at radius 1 is 1.17 bits per heavy atom. The third-order valence-corrected chi connectivity index (χ3v) is 6.14. The maximum Gasteiger partial charge on any atom is 0.255 e. The van der Waals surface area contributed by atoms with Gasteiger partial charge in [-0.25, -0.2) is 4.68 Å². The Morgan fingerprint density at radius 2 is 2.03 bits per heavy atom. The number of amides is 3. The number of rotatable bonds is 3. The van der Waals surface area contributed by atoms with Crippen LogP contribution in [0, 0.1) is 0 Å². The number of hydrogen-bond acceptors (Lipinski definition) is 7. The molecule has 3 aliphatic rings. The molecule has 1 aromatic heterocycles. The van der Waals surface area contributed by atoms with E-state index in [1.54, 1.807) is 15.6 Å². The number of benzene rings is 1. The molecule has 10 nitrogen and oxygen atoms in total. The van der Waals surface area contributed by atoms with Crippen molar-refractivity contribution in [2.45, 2.75) is 31.5 Å². The highest BCUT2D eigenvalue weighted by atomic mass is 16.2. The van der Waals surface area contributed by atoms with Crippen molar-refractivity contribution >= 4 is 17.7 Å². The van der Waals surface area contributed by atoms with Crippen molar-refractivity contribution in [3.8, 4) is 5.69 Å². The van der Waals surface area contributed by atoms with Crippen LogP contribution in [0.3, 0.4) is 0 Å². The summed E-state index contributed by atoms with van der Waals surface area (Å²) in [7, 11) is 2.08. The fraction of sp³-hybridized carbons (Fsp3) is 0.450. The van der Waals surface area contributed by atoms with Crippen molar-refractivity contribution in [3.05, 3.63) is 41.2 Å². The van der Waals surface area contributed by atoms with Gasteiger partial charge in [0.1, 0.15) is 11.7 Å². The molecule has 0 saturated carbocycles. The van der Waals surface area contributed by atoms with Crippen LogP contribution in [0.1, 0.15) is 40.5 Å².